The molecule has 2 amide bonds. The number of hydrogen-bond donors (Lipinski definition) is 2. The van der Waals surface area contributed by atoms with Crippen LogP contribution in [0.4, 0.5) is 4.79 Å². The minimum Gasteiger partial charge on any atom is -0.481 e. The zero-order valence-electron chi connectivity index (χ0n) is 20.4. The van der Waals surface area contributed by atoms with Gasteiger partial charge in [-0.3, -0.25) is 9.59 Å². The molecule has 3 atom stereocenters. The number of hydrogen-bond acceptors (Lipinski definition) is 4. The number of alkyl carbamates (subject to hydrolysis) is 1. The first-order chi connectivity index (χ1) is 16.6. The maximum absolute atomic E-state index is 13.6. The fraction of sp³-hybridized carbons (Fsp3) is 0.464. The molecule has 7 nitrogen and oxygen atoms in total. The van der Waals surface area contributed by atoms with Crippen molar-refractivity contribution < 1.29 is 24.2 Å². The molecule has 1 saturated heterocycles. The maximum Gasteiger partial charge on any atom is 0.408 e. The SMILES string of the molecule is C[C@@H]1CN(C(=O)C(C)(NC(=O)OCC2c3ccccc3-c3ccccc32)C2CC2)C[C@@]1(C)C(=O)O. The largest absolute Gasteiger partial charge is 0.481 e. The van der Waals surface area contributed by atoms with Gasteiger partial charge in [0.1, 0.15) is 12.1 Å². The molecule has 3 aliphatic rings. The van der Waals surface area contributed by atoms with Gasteiger partial charge in [-0.25, -0.2) is 4.79 Å². The number of aliphatic carboxylic acids is 1. The highest BCUT2D eigenvalue weighted by Crippen LogP contribution is 2.45. The topological polar surface area (TPSA) is 95.9 Å². The Hall–Kier alpha value is -3.35. The number of carboxylic acid groups (broad SMARTS) is 1. The Bertz CT molecular complexity index is 1150. The number of fused-ring (bicyclic) bond motifs is 3. The molecule has 2 fully saturated rings. The van der Waals surface area contributed by atoms with E-state index < -0.39 is 23.0 Å². The van der Waals surface area contributed by atoms with Crippen LogP contribution in [0.2, 0.25) is 0 Å². The van der Waals surface area contributed by atoms with Crippen molar-refractivity contribution in [2.24, 2.45) is 17.3 Å². The van der Waals surface area contributed by atoms with Crippen LogP contribution in [0.25, 0.3) is 11.1 Å². The number of amides is 2. The van der Waals surface area contributed by atoms with E-state index in [2.05, 4.69) is 29.6 Å². The Morgan fingerprint density at radius 2 is 1.66 bits per heavy atom. The van der Waals surface area contributed by atoms with Gasteiger partial charge in [-0.1, -0.05) is 55.5 Å². The lowest BCUT2D eigenvalue weighted by Crippen LogP contribution is -2.59. The van der Waals surface area contributed by atoms with Crippen LogP contribution in [0.3, 0.4) is 0 Å². The summed E-state index contributed by atoms with van der Waals surface area (Å²) < 4.78 is 5.71. The van der Waals surface area contributed by atoms with Gasteiger partial charge < -0.3 is 20.1 Å². The minimum atomic E-state index is -1.12. The van der Waals surface area contributed by atoms with Gasteiger partial charge in [0.2, 0.25) is 5.91 Å². The Morgan fingerprint density at radius 3 is 2.17 bits per heavy atom. The van der Waals surface area contributed by atoms with Crippen LogP contribution in [0.1, 0.15) is 50.7 Å². The molecule has 184 valence electrons. The molecular weight excluding hydrogens is 444 g/mol. The number of carbonyl (C=O) groups is 3. The first-order valence-corrected chi connectivity index (χ1v) is 12.3. The number of nitrogens with zero attached hydrogens (tertiary/aromatic N) is 1. The molecule has 0 bridgehead atoms. The lowest BCUT2D eigenvalue weighted by atomic mass is 9.81. The summed E-state index contributed by atoms with van der Waals surface area (Å²) in [7, 11) is 0. The Morgan fingerprint density at radius 1 is 1.09 bits per heavy atom. The van der Waals surface area contributed by atoms with Gasteiger partial charge in [-0.05, 0) is 60.8 Å². The van der Waals surface area contributed by atoms with Gasteiger partial charge in [-0.2, -0.15) is 0 Å². The van der Waals surface area contributed by atoms with Crippen molar-refractivity contribution in [3.63, 3.8) is 0 Å². The van der Waals surface area contributed by atoms with E-state index >= 15 is 0 Å². The highest BCUT2D eigenvalue weighted by molar-refractivity contribution is 5.91. The summed E-state index contributed by atoms with van der Waals surface area (Å²) >= 11 is 0. The van der Waals surface area contributed by atoms with E-state index in [4.69, 9.17) is 4.74 Å². The zero-order valence-corrected chi connectivity index (χ0v) is 20.4. The quantitative estimate of drug-likeness (QED) is 0.649. The summed E-state index contributed by atoms with van der Waals surface area (Å²) in [4.78, 5) is 40.0. The zero-order chi connectivity index (χ0) is 25.0. The average Bonchev–Trinajstić information content (AvgIpc) is 3.59. The third-order valence-electron chi connectivity index (χ3n) is 8.42. The molecule has 0 spiro atoms. The summed E-state index contributed by atoms with van der Waals surface area (Å²) in [6.07, 6.45) is 1.06. The molecule has 1 saturated carbocycles. The Labute approximate surface area is 205 Å². The fourth-order valence-corrected chi connectivity index (χ4v) is 5.75. The van der Waals surface area contributed by atoms with Crippen molar-refractivity contribution in [1.82, 2.24) is 10.2 Å². The van der Waals surface area contributed by atoms with Crippen LogP contribution in [0.5, 0.6) is 0 Å². The third kappa shape index (κ3) is 3.87. The van der Waals surface area contributed by atoms with Crippen LogP contribution in [-0.2, 0) is 14.3 Å². The third-order valence-corrected chi connectivity index (χ3v) is 8.42. The van der Waals surface area contributed by atoms with Crippen LogP contribution in [0, 0.1) is 17.3 Å². The highest BCUT2D eigenvalue weighted by Gasteiger charge is 2.55. The van der Waals surface area contributed by atoms with Gasteiger partial charge in [0.15, 0.2) is 0 Å². The number of ether oxygens (including phenoxy) is 1. The van der Waals surface area contributed by atoms with Crippen LogP contribution < -0.4 is 5.32 Å². The standard InChI is InChI=1S/C28H32N2O5/c1-17-14-30(16-27(17,2)25(32)33)24(31)28(3,18-12-13-18)29-26(34)35-15-23-21-10-6-4-8-19(21)20-9-5-7-11-22(20)23/h4-11,17-18,23H,12-16H2,1-3H3,(H,29,34)(H,32,33)/t17-,27-,28?/m1/s1. The lowest BCUT2D eigenvalue weighted by Gasteiger charge is -2.34. The lowest BCUT2D eigenvalue weighted by molar-refractivity contribution is -0.149. The van der Waals surface area contributed by atoms with Crippen molar-refractivity contribution in [2.75, 3.05) is 19.7 Å². The van der Waals surface area contributed by atoms with E-state index in [-0.39, 0.29) is 36.8 Å². The first kappa shape index (κ1) is 23.4. The molecule has 1 aliphatic heterocycles. The van der Waals surface area contributed by atoms with E-state index in [1.54, 1.807) is 18.7 Å². The molecule has 2 N–H and O–H groups in total. The normalized spacial score (nSPS) is 24.9. The summed E-state index contributed by atoms with van der Waals surface area (Å²) in [5.74, 6) is -1.36. The summed E-state index contributed by atoms with van der Waals surface area (Å²) in [6, 6.07) is 16.3. The number of likely N-dealkylation sites (tertiary alicyclic amines) is 1. The average molecular weight is 477 g/mol. The van der Waals surface area contributed by atoms with Crippen molar-refractivity contribution >= 4 is 18.0 Å². The van der Waals surface area contributed by atoms with Crippen molar-refractivity contribution in [2.45, 2.75) is 45.1 Å². The van der Waals surface area contributed by atoms with Gasteiger partial charge in [0, 0.05) is 19.0 Å². The van der Waals surface area contributed by atoms with Gasteiger partial charge in [0.05, 0.1) is 5.41 Å². The molecule has 2 aromatic rings. The molecule has 2 aromatic carbocycles. The highest BCUT2D eigenvalue weighted by atomic mass is 16.5. The summed E-state index contributed by atoms with van der Waals surface area (Å²) in [5.41, 5.74) is 2.44. The van der Waals surface area contributed by atoms with Crippen LogP contribution in [0.15, 0.2) is 48.5 Å². The molecule has 5 rings (SSSR count). The smallest absolute Gasteiger partial charge is 0.408 e. The molecule has 35 heavy (non-hydrogen) atoms. The van der Waals surface area contributed by atoms with Gasteiger partial charge >= 0.3 is 12.1 Å². The van der Waals surface area contributed by atoms with Gasteiger partial charge in [-0.15, -0.1) is 0 Å². The van der Waals surface area contributed by atoms with Crippen LogP contribution >= 0.6 is 0 Å². The van der Waals surface area contributed by atoms with Crippen molar-refractivity contribution in [3.05, 3.63) is 59.7 Å². The summed E-state index contributed by atoms with van der Waals surface area (Å²) in [5, 5.41) is 12.6. The molecule has 1 heterocycles. The van der Waals surface area contributed by atoms with Crippen molar-refractivity contribution in [3.8, 4) is 11.1 Å². The molecule has 0 aromatic heterocycles. The number of benzene rings is 2. The summed E-state index contributed by atoms with van der Waals surface area (Å²) in [6.45, 7) is 5.95. The molecule has 2 aliphatic carbocycles. The second-order valence-corrected chi connectivity index (χ2v) is 10.7. The Kier molecular flexibility index (Phi) is 5.61. The van der Waals surface area contributed by atoms with E-state index in [9.17, 15) is 19.5 Å². The fourth-order valence-electron chi connectivity index (χ4n) is 5.75. The second kappa shape index (κ2) is 8.40. The predicted octanol–water partition coefficient (Wildman–Crippen LogP) is 4.26. The second-order valence-electron chi connectivity index (χ2n) is 10.7. The molecular formula is C28H32N2O5. The monoisotopic (exact) mass is 476 g/mol. The first-order valence-electron chi connectivity index (χ1n) is 12.3. The van der Waals surface area contributed by atoms with E-state index in [0.717, 1.165) is 35.1 Å². The van der Waals surface area contributed by atoms with E-state index in [1.807, 2.05) is 31.2 Å². The van der Waals surface area contributed by atoms with E-state index in [1.165, 1.54) is 0 Å². The number of rotatable bonds is 6. The predicted molar refractivity (Wildman–Crippen MR) is 131 cm³/mol. The van der Waals surface area contributed by atoms with Gasteiger partial charge in [0.25, 0.3) is 0 Å². The maximum atomic E-state index is 13.6. The minimum absolute atomic E-state index is 0.0162. The molecule has 0 radical (unpaired) electrons. The van der Waals surface area contributed by atoms with Crippen molar-refractivity contribution in [1.29, 1.82) is 0 Å². The Balaban J connectivity index is 1.29. The molecule has 1 unspecified atom stereocenters. The number of carbonyl (C=O) groups excluding carboxylic acids is 2. The number of nitrogens with one attached hydrogen (secondary N) is 1. The molecule has 7 heteroatoms. The van der Waals surface area contributed by atoms with Crippen LogP contribution in [-0.4, -0.2) is 53.2 Å². The number of carboxylic acids is 1. The van der Waals surface area contributed by atoms with E-state index in [0.29, 0.717) is 6.54 Å².